The van der Waals surface area contributed by atoms with Gasteiger partial charge < -0.3 is 33.8 Å². The molecule has 0 aromatic rings. The minimum atomic E-state index is -4.96. The highest BCUT2D eigenvalue weighted by Gasteiger charge is 2.30. The van der Waals surface area contributed by atoms with Crippen molar-refractivity contribution in [1.82, 2.24) is 0 Å². The summed E-state index contributed by atoms with van der Waals surface area (Å²) in [6.45, 7) is 5.04. The van der Waals surface area contributed by atoms with Crippen LogP contribution in [0.2, 0.25) is 0 Å². The molecule has 3 N–H and O–H groups in total. The highest BCUT2D eigenvalue weighted by Crippen LogP contribution is 2.45. The zero-order chi connectivity index (χ0) is 76.7. The fraction of sp³-hybridized carbons (Fsp3) is 0.953. The molecule has 0 spiro atoms. The van der Waals surface area contributed by atoms with Crippen molar-refractivity contribution in [2.75, 3.05) is 39.6 Å². The van der Waals surface area contributed by atoms with E-state index < -0.39 is 97.5 Å². The van der Waals surface area contributed by atoms with E-state index in [1.807, 2.05) is 0 Å². The Morgan fingerprint density at radius 1 is 0.229 bits per heavy atom. The molecule has 0 saturated carbocycles. The number of phosphoric acid groups is 2. The van der Waals surface area contributed by atoms with Gasteiger partial charge in [0.2, 0.25) is 0 Å². The summed E-state index contributed by atoms with van der Waals surface area (Å²) in [7, 11) is -9.92. The number of aliphatic hydroxyl groups is 1. The van der Waals surface area contributed by atoms with Gasteiger partial charge in [0, 0.05) is 25.7 Å². The molecule has 105 heavy (non-hydrogen) atoms. The van der Waals surface area contributed by atoms with Gasteiger partial charge in [0.25, 0.3) is 0 Å². The molecule has 0 bridgehead atoms. The van der Waals surface area contributed by atoms with E-state index in [9.17, 15) is 43.2 Å². The van der Waals surface area contributed by atoms with Gasteiger partial charge in [0.05, 0.1) is 26.4 Å². The Morgan fingerprint density at radius 3 is 0.562 bits per heavy atom. The molecular formula is C86H168O17P2. The van der Waals surface area contributed by atoms with Gasteiger partial charge in [-0.25, -0.2) is 9.13 Å². The fourth-order valence-electron chi connectivity index (χ4n) is 13.5. The van der Waals surface area contributed by atoms with E-state index in [2.05, 4.69) is 27.7 Å². The number of unbranched alkanes of at least 4 members (excludes halogenated alkanes) is 61. The molecule has 0 aromatic heterocycles. The van der Waals surface area contributed by atoms with E-state index in [0.717, 1.165) is 89.9 Å². The third-order valence-corrected chi connectivity index (χ3v) is 22.3. The molecule has 0 aliphatic heterocycles. The Morgan fingerprint density at radius 2 is 0.381 bits per heavy atom. The zero-order valence-electron chi connectivity index (χ0n) is 68.7. The van der Waals surface area contributed by atoms with Gasteiger partial charge in [0.15, 0.2) is 12.2 Å². The lowest BCUT2D eigenvalue weighted by atomic mass is 10.0. The molecular weight excluding hydrogens is 1370 g/mol. The Hall–Kier alpha value is -1.94. The highest BCUT2D eigenvalue weighted by atomic mass is 31.2. The maximum atomic E-state index is 13.1. The standard InChI is InChI=1S/C86H168O17P2/c1-5-9-13-17-21-25-29-32-34-36-38-40-42-44-46-48-52-55-59-63-67-71-84(89)97-77-82(103-86(91)73-69-65-61-57-53-49-47-45-43-41-39-37-35-33-30-26-22-18-14-10-6-2)79-101-105(94,95)99-75-80(87)74-98-104(92,93)100-78-81(76-96-83(88)70-66-62-58-54-50-28-24-20-16-12-8-4)102-85(90)72-68-64-60-56-51-31-27-23-19-15-11-7-3/h80-82,87H,5-79H2,1-4H3,(H,92,93)(H,94,95)/t80-,81+,82+/m0/s1. The average molecular weight is 1540 g/mol. The van der Waals surface area contributed by atoms with Crippen LogP contribution in [0.3, 0.4) is 0 Å². The fourth-order valence-corrected chi connectivity index (χ4v) is 15.1. The van der Waals surface area contributed by atoms with Crippen LogP contribution in [0.5, 0.6) is 0 Å². The third kappa shape index (κ3) is 79.9. The summed E-state index contributed by atoms with van der Waals surface area (Å²) in [6.07, 6.45) is 75.1. The first-order chi connectivity index (χ1) is 51.2. The summed E-state index contributed by atoms with van der Waals surface area (Å²) in [4.78, 5) is 73.2. The quantitative estimate of drug-likeness (QED) is 0.0222. The molecule has 0 rings (SSSR count). The molecule has 0 aliphatic rings. The van der Waals surface area contributed by atoms with Crippen LogP contribution in [0.15, 0.2) is 0 Å². The number of ether oxygens (including phenoxy) is 4. The molecule has 5 atom stereocenters. The molecule has 2 unspecified atom stereocenters. The Kier molecular flexibility index (Phi) is 78.6. The molecule has 0 saturated heterocycles. The number of carbonyl (C=O) groups excluding carboxylic acids is 4. The predicted octanol–water partition coefficient (Wildman–Crippen LogP) is 26.5. The van der Waals surface area contributed by atoms with Gasteiger partial charge in [-0.1, -0.05) is 419 Å². The predicted molar refractivity (Wildman–Crippen MR) is 432 cm³/mol. The van der Waals surface area contributed by atoms with Crippen LogP contribution in [0.25, 0.3) is 0 Å². The van der Waals surface area contributed by atoms with E-state index in [1.54, 1.807) is 0 Å². The van der Waals surface area contributed by atoms with Crippen LogP contribution in [0.1, 0.15) is 471 Å². The SMILES string of the molecule is CCCCCCCCCCCCCCCCCCCCCCCC(=O)OC[C@H](COP(=O)(O)OC[C@@H](O)COP(=O)(O)OC[C@@H](COC(=O)CCCCCCCCCCCCC)OC(=O)CCCCCCCCCCCCCC)OC(=O)CCCCCCCCCCCCCCCCCCCCCCC. The Bertz CT molecular complexity index is 1980. The van der Waals surface area contributed by atoms with E-state index in [4.69, 9.17) is 37.0 Å². The van der Waals surface area contributed by atoms with Crippen LogP contribution in [-0.2, 0) is 65.4 Å². The van der Waals surface area contributed by atoms with Crippen LogP contribution in [-0.4, -0.2) is 96.7 Å². The van der Waals surface area contributed by atoms with Gasteiger partial charge >= 0.3 is 39.5 Å². The average Bonchev–Trinajstić information content (AvgIpc) is 0.943. The van der Waals surface area contributed by atoms with Crippen molar-refractivity contribution in [3.05, 3.63) is 0 Å². The van der Waals surface area contributed by atoms with Crippen LogP contribution < -0.4 is 0 Å². The maximum Gasteiger partial charge on any atom is 0.472 e. The molecule has 0 radical (unpaired) electrons. The van der Waals surface area contributed by atoms with Crippen molar-refractivity contribution < 1.29 is 80.2 Å². The highest BCUT2D eigenvalue weighted by molar-refractivity contribution is 7.47. The summed E-state index contributed by atoms with van der Waals surface area (Å²) in [5, 5.41) is 10.7. The van der Waals surface area contributed by atoms with Crippen molar-refractivity contribution in [3.8, 4) is 0 Å². The Labute approximate surface area is 645 Å². The minimum absolute atomic E-state index is 0.108. The minimum Gasteiger partial charge on any atom is -0.462 e. The van der Waals surface area contributed by atoms with Gasteiger partial charge in [0.1, 0.15) is 19.3 Å². The number of rotatable bonds is 87. The number of hydrogen-bond acceptors (Lipinski definition) is 15. The lowest BCUT2D eigenvalue weighted by Gasteiger charge is -2.21. The van der Waals surface area contributed by atoms with Crippen LogP contribution in [0, 0.1) is 0 Å². The molecule has 0 aliphatic carbocycles. The second-order valence-electron chi connectivity index (χ2n) is 30.9. The molecule has 0 amide bonds. The number of hydrogen-bond donors (Lipinski definition) is 3. The van der Waals surface area contributed by atoms with Gasteiger partial charge in [-0.05, 0) is 25.7 Å². The maximum absolute atomic E-state index is 13.1. The smallest absolute Gasteiger partial charge is 0.462 e. The zero-order valence-corrected chi connectivity index (χ0v) is 70.5. The third-order valence-electron chi connectivity index (χ3n) is 20.4. The normalized spacial score (nSPS) is 13.7. The molecule has 0 fully saturated rings. The van der Waals surface area contributed by atoms with E-state index in [0.29, 0.717) is 25.7 Å². The molecule has 0 aromatic carbocycles. The van der Waals surface area contributed by atoms with Crippen molar-refractivity contribution in [2.45, 2.75) is 489 Å². The van der Waals surface area contributed by atoms with Crippen LogP contribution in [0.4, 0.5) is 0 Å². The van der Waals surface area contributed by atoms with Gasteiger partial charge in [-0.15, -0.1) is 0 Å². The summed E-state index contributed by atoms with van der Waals surface area (Å²) in [6, 6.07) is 0. The van der Waals surface area contributed by atoms with E-state index >= 15 is 0 Å². The lowest BCUT2D eigenvalue weighted by molar-refractivity contribution is -0.161. The Balaban J connectivity index is 5.20. The van der Waals surface area contributed by atoms with E-state index in [-0.39, 0.29) is 25.7 Å². The van der Waals surface area contributed by atoms with Crippen LogP contribution >= 0.6 is 15.6 Å². The molecule has 19 heteroatoms. The summed E-state index contributed by atoms with van der Waals surface area (Å²) >= 11 is 0. The van der Waals surface area contributed by atoms with Crippen molar-refractivity contribution in [2.24, 2.45) is 0 Å². The van der Waals surface area contributed by atoms with Crippen molar-refractivity contribution >= 4 is 39.5 Å². The molecule has 17 nitrogen and oxygen atoms in total. The summed E-state index contributed by atoms with van der Waals surface area (Å²) in [5.74, 6) is -2.10. The second-order valence-corrected chi connectivity index (χ2v) is 33.8. The summed E-state index contributed by atoms with van der Waals surface area (Å²) < 4.78 is 68.8. The lowest BCUT2D eigenvalue weighted by Crippen LogP contribution is -2.30. The van der Waals surface area contributed by atoms with Crippen molar-refractivity contribution in [1.29, 1.82) is 0 Å². The number of carbonyl (C=O) groups is 4. The number of esters is 4. The topological polar surface area (TPSA) is 237 Å². The summed E-state index contributed by atoms with van der Waals surface area (Å²) in [5.41, 5.74) is 0. The number of phosphoric ester groups is 2. The first-order valence-corrected chi connectivity index (χ1v) is 47.8. The molecule has 624 valence electrons. The monoisotopic (exact) mass is 1540 g/mol. The van der Waals surface area contributed by atoms with Gasteiger partial charge in [-0.3, -0.25) is 37.3 Å². The second kappa shape index (κ2) is 80.1. The van der Waals surface area contributed by atoms with Gasteiger partial charge in [-0.2, -0.15) is 0 Å². The molecule has 0 heterocycles. The first kappa shape index (κ1) is 103. The first-order valence-electron chi connectivity index (χ1n) is 44.8. The van der Waals surface area contributed by atoms with Crippen molar-refractivity contribution in [3.63, 3.8) is 0 Å². The van der Waals surface area contributed by atoms with E-state index in [1.165, 1.54) is 302 Å². The number of aliphatic hydroxyl groups excluding tert-OH is 1. The largest absolute Gasteiger partial charge is 0.472 e.